The minimum absolute atomic E-state index is 0.258. The number of thiazole rings is 1. The van der Waals surface area contributed by atoms with E-state index in [1.807, 2.05) is 0 Å². The quantitative estimate of drug-likeness (QED) is 0.845. The molecule has 6 nitrogen and oxygen atoms in total. The van der Waals surface area contributed by atoms with E-state index in [9.17, 15) is 4.79 Å². The van der Waals surface area contributed by atoms with Crippen molar-refractivity contribution < 1.29 is 9.90 Å². The van der Waals surface area contributed by atoms with Gasteiger partial charge in [-0.15, -0.1) is 11.3 Å². The van der Waals surface area contributed by atoms with Gasteiger partial charge in [-0.25, -0.2) is 9.78 Å². The maximum absolute atomic E-state index is 10.9. The highest BCUT2D eigenvalue weighted by Crippen LogP contribution is 2.26. The van der Waals surface area contributed by atoms with Crippen LogP contribution in [-0.4, -0.2) is 32.4 Å². The number of carbonyl (C=O) groups is 1. The lowest BCUT2D eigenvalue weighted by atomic mass is 10.4. The van der Waals surface area contributed by atoms with Crippen LogP contribution in [0.2, 0.25) is 0 Å². The van der Waals surface area contributed by atoms with Crippen molar-refractivity contribution in [3.8, 4) is 10.7 Å². The molecule has 0 saturated heterocycles. The number of nitrogens with zero attached hydrogens (tertiary/aromatic N) is 3. The molecule has 2 heterocycles. The SMILES string of the molecule is Cc1nc(-c2ccn(CCN)n2)sc1C(=O)O. The van der Waals surface area contributed by atoms with Crippen molar-refractivity contribution in [2.45, 2.75) is 13.5 Å². The third kappa shape index (κ3) is 2.34. The topological polar surface area (TPSA) is 94.0 Å². The Balaban J connectivity index is 2.32. The normalized spacial score (nSPS) is 10.7. The van der Waals surface area contributed by atoms with Crippen LogP contribution in [0.3, 0.4) is 0 Å². The number of rotatable bonds is 4. The van der Waals surface area contributed by atoms with E-state index in [1.54, 1.807) is 23.9 Å². The fourth-order valence-corrected chi connectivity index (χ4v) is 2.31. The highest BCUT2D eigenvalue weighted by atomic mass is 32.1. The molecule has 0 aromatic carbocycles. The summed E-state index contributed by atoms with van der Waals surface area (Å²) in [7, 11) is 0. The predicted molar refractivity (Wildman–Crippen MR) is 64.1 cm³/mol. The van der Waals surface area contributed by atoms with Gasteiger partial charge in [0.1, 0.15) is 15.6 Å². The summed E-state index contributed by atoms with van der Waals surface area (Å²) in [5.41, 5.74) is 6.62. The van der Waals surface area contributed by atoms with Crippen molar-refractivity contribution in [3.63, 3.8) is 0 Å². The summed E-state index contributed by atoms with van der Waals surface area (Å²) in [6.07, 6.45) is 1.80. The number of hydrogen-bond acceptors (Lipinski definition) is 5. The second-order valence-corrected chi connectivity index (χ2v) is 4.49. The number of nitrogens with two attached hydrogens (primary N) is 1. The maximum Gasteiger partial charge on any atom is 0.347 e. The zero-order valence-corrected chi connectivity index (χ0v) is 10.1. The highest BCUT2D eigenvalue weighted by molar-refractivity contribution is 7.16. The van der Waals surface area contributed by atoms with Gasteiger partial charge in [0, 0.05) is 12.7 Å². The zero-order valence-electron chi connectivity index (χ0n) is 9.25. The van der Waals surface area contributed by atoms with Gasteiger partial charge in [0.25, 0.3) is 0 Å². The number of aromatic carboxylic acids is 1. The van der Waals surface area contributed by atoms with Crippen molar-refractivity contribution in [3.05, 3.63) is 22.8 Å². The first kappa shape index (κ1) is 11.7. The van der Waals surface area contributed by atoms with Crippen LogP contribution in [0.4, 0.5) is 0 Å². The Morgan fingerprint density at radius 2 is 2.41 bits per heavy atom. The Bertz CT molecular complexity index is 546. The summed E-state index contributed by atoms with van der Waals surface area (Å²) in [6, 6.07) is 1.81. The third-order valence-corrected chi connectivity index (χ3v) is 3.38. The molecule has 0 fully saturated rings. The standard InChI is InChI=1S/C10H12N4O2S/c1-6-8(10(15)16)17-9(12-6)7-2-4-14(13-7)5-3-11/h2,4H,3,5,11H2,1H3,(H,15,16). The molecule has 0 aliphatic carbocycles. The van der Waals surface area contributed by atoms with Crippen LogP contribution in [0.15, 0.2) is 12.3 Å². The van der Waals surface area contributed by atoms with Crippen molar-refractivity contribution in [2.24, 2.45) is 5.73 Å². The van der Waals surface area contributed by atoms with Gasteiger partial charge in [0.05, 0.1) is 12.2 Å². The molecule has 2 aromatic heterocycles. The molecule has 0 bridgehead atoms. The third-order valence-electron chi connectivity index (χ3n) is 2.21. The smallest absolute Gasteiger partial charge is 0.347 e. The van der Waals surface area contributed by atoms with E-state index in [0.717, 1.165) is 11.3 Å². The number of aryl methyl sites for hydroxylation is 1. The van der Waals surface area contributed by atoms with Crippen LogP contribution in [0.25, 0.3) is 10.7 Å². The van der Waals surface area contributed by atoms with Crippen molar-refractivity contribution in [1.82, 2.24) is 14.8 Å². The first-order valence-electron chi connectivity index (χ1n) is 5.06. The fourth-order valence-electron chi connectivity index (χ4n) is 1.44. The van der Waals surface area contributed by atoms with Crippen LogP contribution in [0.5, 0.6) is 0 Å². The predicted octanol–water partition coefficient (Wildman–Crippen LogP) is 0.972. The fraction of sp³-hybridized carbons (Fsp3) is 0.300. The Kier molecular flexibility index (Phi) is 3.21. The molecule has 0 amide bonds. The van der Waals surface area contributed by atoms with Crippen molar-refractivity contribution in [2.75, 3.05) is 6.54 Å². The minimum Gasteiger partial charge on any atom is -0.477 e. The largest absolute Gasteiger partial charge is 0.477 e. The molecule has 0 atom stereocenters. The van der Waals surface area contributed by atoms with Crippen molar-refractivity contribution in [1.29, 1.82) is 0 Å². The lowest BCUT2D eigenvalue weighted by Gasteiger charge is -1.95. The molecule has 7 heteroatoms. The number of carboxylic acids is 1. The minimum atomic E-state index is -0.951. The molecule has 0 radical (unpaired) electrons. The second-order valence-electron chi connectivity index (χ2n) is 3.49. The van der Waals surface area contributed by atoms with E-state index in [-0.39, 0.29) is 4.88 Å². The first-order chi connectivity index (χ1) is 8.11. The average molecular weight is 252 g/mol. The van der Waals surface area contributed by atoms with Crippen LogP contribution >= 0.6 is 11.3 Å². The molecule has 17 heavy (non-hydrogen) atoms. The Morgan fingerprint density at radius 1 is 1.65 bits per heavy atom. The highest BCUT2D eigenvalue weighted by Gasteiger charge is 2.16. The average Bonchev–Trinajstić information content (AvgIpc) is 2.85. The number of aromatic nitrogens is 3. The van der Waals surface area contributed by atoms with Gasteiger partial charge in [-0.05, 0) is 13.0 Å². The van der Waals surface area contributed by atoms with E-state index in [4.69, 9.17) is 10.8 Å². The summed E-state index contributed by atoms with van der Waals surface area (Å²) < 4.78 is 1.71. The van der Waals surface area contributed by atoms with Crippen LogP contribution in [0, 0.1) is 6.92 Å². The second kappa shape index (κ2) is 4.64. The van der Waals surface area contributed by atoms with Gasteiger partial charge in [-0.1, -0.05) is 0 Å². The number of hydrogen-bond donors (Lipinski definition) is 2. The van der Waals surface area contributed by atoms with Crippen LogP contribution in [0.1, 0.15) is 15.4 Å². The summed E-state index contributed by atoms with van der Waals surface area (Å²) >= 11 is 1.13. The van der Waals surface area contributed by atoms with E-state index in [1.165, 1.54) is 0 Å². The van der Waals surface area contributed by atoms with Crippen molar-refractivity contribution >= 4 is 17.3 Å². The molecule has 0 spiro atoms. The monoisotopic (exact) mass is 252 g/mol. The molecule has 2 aromatic rings. The van der Waals surface area contributed by atoms with E-state index in [2.05, 4.69) is 10.1 Å². The molecule has 2 rings (SSSR count). The molecule has 0 unspecified atom stereocenters. The molecular formula is C10H12N4O2S. The maximum atomic E-state index is 10.9. The Morgan fingerprint density at radius 3 is 3.00 bits per heavy atom. The summed E-state index contributed by atoms with van der Waals surface area (Å²) in [5.74, 6) is -0.951. The lowest BCUT2D eigenvalue weighted by Crippen LogP contribution is -2.09. The number of carboxylic acid groups (broad SMARTS) is 1. The molecule has 90 valence electrons. The molecule has 0 saturated carbocycles. The molecule has 3 N–H and O–H groups in total. The lowest BCUT2D eigenvalue weighted by molar-refractivity contribution is 0.0701. The molecular weight excluding hydrogens is 240 g/mol. The van der Waals surface area contributed by atoms with E-state index >= 15 is 0 Å². The zero-order chi connectivity index (χ0) is 12.4. The van der Waals surface area contributed by atoms with E-state index in [0.29, 0.717) is 29.5 Å². The van der Waals surface area contributed by atoms with Gasteiger partial charge in [-0.2, -0.15) is 5.10 Å². The molecule has 0 aliphatic rings. The summed E-state index contributed by atoms with van der Waals surface area (Å²) in [4.78, 5) is 15.4. The molecule has 0 aliphatic heterocycles. The first-order valence-corrected chi connectivity index (χ1v) is 5.88. The summed E-state index contributed by atoms with van der Waals surface area (Å²) in [5, 5.41) is 13.8. The van der Waals surface area contributed by atoms with Gasteiger partial charge in [-0.3, -0.25) is 4.68 Å². The van der Waals surface area contributed by atoms with Crippen LogP contribution in [-0.2, 0) is 6.54 Å². The summed E-state index contributed by atoms with van der Waals surface area (Å²) in [6.45, 7) is 2.83. The van der Waals surface area contributed by atoms with Crippen LogP contribution < -0.4 is 5.73 Å². The van der Waals surface area contributed by atoms with Gasteiger partial charge >= 0.3 is 5.97 Å². The Hall–Kier alpha value is -1.73. The van der Waals surface area contributed by atoms with E-state index < -0.39 is 5.97 Å². The van der Waals surface area contributed by atoms with Gasteiger partial charge < -0.3 is 10.8 Å². The Labute approximate surface area is 102 Å². The van der Waals surface area contributed by atoms with Gasteiger partial charge in [0.15, 0.2) is 0 Å². The van der Waals surface area contributed by atoms with Gasteiger partial charge in [0.2, 0.25) is 0 Å².